The van der Waals surface area contributed by atoms with Gasteiger partial charge < -0.3 is 20.1 Å². The van der Waals surface area contributed by atoms with E-state index < -0.39 is 24.0 Å². The van der Waals surface area contributed by atoms with Crippen LogP contribution >= 0.6 is 0 Å². The fourth-order valence-corrected chi connectivity index (χ4v) is 4.14. The second-order valence-electron chi connectivity index (χ2n) is 8.04. The minimum Gasteiger partial charge on any atom is -0.465 e. The summed E-state index contributed by atoms with van der Waals surface area (Å²) in [4.78, 5) is 36.7. The quantitative estimate of drug-likeness (QED) is 0.522. The summed E-state index contributed by atoms with van der Waals surface area (Å²) in [6.45, 7) is 1.65. The average Bonchev–Trinajstić information content (AvgIpc) is 3.20. The van der Waals surface area contributed by atoms with Crippen LogP contribution in [-0.2, 0) is 14.3 Å². The van der Waals surface area contributed by atoms with Crippen LogP contribution in [0, 0.1) is 11.3 Å². The summed E-state index contributed by atoms with van der Waals surface area (Å²) >= 11 is 0. The highest BCUT2D eigenvalue weighted by Gasteiger charge is 2.29. The predicted molar refractivity (Wildman–Crippen MR) is 129 cm³/mol. The summed E-state index contributed by atoms with van der Waals surface area (Å²) in [7, 11) is 1.22. The van der Waals surface area contributed by atoms with E-state index in [1.165, 1.54) is 32.2 Å². The Morgan fingerprint density at radius 1 is 1.00 bits per heavy atom. The Labute approximate surface area is 202 Å². The molecule has 1 atom stereocenters. The number of hydrogen-bond donors (Lipinski definition) is 2. The lowest BCUT2D eigenvalue weighted by Gasteiger charge is -2.17. The summed E-state index contributed by atoms with van der Waals surface area (Å²) in [5.41, 5.74) is 4.90. The van der Waals surface area contributed by atoms with Gasteiger partial charge in [0.2, 0.25) is 5.91 Å². The first-order chi connectivity index (χ1) is 16.9. The van der Waals surface area contributed by atoms with Crippen LogP contribution in [0.1, 0.15) is 39.9 Å². The van der Waals surface area contributed by atoms with Crippen LogP contribution in [0.4, 0.5) is 10.5 Å². The lowest BCUT2D eigenvalue weighted by atomic mass is 9.98. The SMILES string of the molecule is COC(=O)c1ccc(NC(=O)[C@H](C)NC(=O)OCC2c3ccccc3-c3ccccc32)cc1C#N. The van der Waals surface area contributed by atoms with Crippen LogP contribution in [0.25, 0.3) is 11.1 Å². The first-order valence-corrected chi connectivity index (χ1v) is 11.0. The van der Waals surface area contributed by atoms with Gasteiger partial charge in [0.1, 0.15) is 18.7 Å². The number of nitrogens with one attached hydrogen (secondary N) is 2. The molecule has 2 amide bonds. The van der Waals surface area contributed by atoms with Gasteiger partial charge in [0.05, 0.1) is 18.2 Å². The number of carbonyl (C=O) groups excluding carboxylic acids is 3. The Balaban J connectivity index is 1.36. The van der Waals surface area contributed by atoms with Gasteiger partial charge in [-0.1, -0.05) is 48.5 Å². The highest BCUT2D eigenvalue weighted by Crippen LogP contribution is 2.44. The van der Waals surface area contributed by atoms with E-state index in [0.29, 0.717) is 5.69 Å². The number of fused-ring (bicyclic) bond motifs is 3. The zero-order valence-electron chi connectivity index (χ0n) is 19.2. The number of amides is 2. The fourth-order valence-electron chi connectivity index (χ4n) is 4.14. The highest BCUT2D eigenvalue weighted by atomic mass is 16.5. The Bertz CT molecular complexity index is 1300. The number of carbonyl (C=O) groups is 3. The fraction of sp³-hybridized carbons (Fsp3) is 0.185. The van der Waals surface area contributed by atoms with Gasteiger partial charge in [-0.2, -0.15) is 5.26 Å². The molecule has 4 rings (SSSR count). The van der Waals surface area contributed by atoms with E-state index in [4.69, 9.17) is 4.74 Å². The molecule has 0 spiro atoms. The lowest BCUT2D eigenvalue weighted by molar-refractivity contribution is -0.117. The van der Waals surface area contributed by atoms with Gasteiger partial charge in [-0.3, -0.25) is 4.79 Å². The second kappa shape index (κ2) is 10.1. The van der Waals surface area contributed by atoms with Crippen molar-refractivity contribution >= 4 is 23.7 Å². The van der Waals surface area contributed by atoms with Crippen molar-refractivity contribution in [3.05, 3.63) is 89.0 Å². The Hall–Kier alpha value is -4.64. The van der Waals surface area contributed by atoms with Gasteiger partial charge in [0, 0.05) is 11.6 Å². The van der Waals surface area contributed by atoms with E-state index in [1.54, 1.807) is 0 Å². The molecule has 8 heteroatoms. The topological polar surface area (TPSA) is 118 Å². The van der Waals surface area contributed by atoms with Crippen molar-refractivity contribution in [3.63, 3.8) is 0 Å². The number of alkyl carbamates (subject to hydrolysis) is 1. The Kier molecular flexibility index (Phi) is 6.78. The van der Waals surface area contributed by atoms with Crippen molar-refractivity contribution in [1.82, 2.24) is 5.32 Å². The van der Waals surface area contributed by atoms with E-state index in [-0.39, 0.29) is 23.7 Å². The lowest BCUT2D eigenvalue weighted by Crippen LogP contribution is -2.42. The largest absolute Gasteiger partial charge is 0.465 e. The van der Waals surface area contributed by atoms with Crippen molar-refractivity contribution in [3.8, 4) is 17.2 Å². The van der Waals surface area contributed by atoms with Crippen LogP contribution < -0.4 is 10.6 Å². The number of methoxy groups -OCH3 is 1. The molecule has 0 aliphatic heterocycles. The van der Waals surface area contributed by atoms with E-state index in [2.05, 4.69) is 27.5 Å². The average molecular weight is 469 g/mol. The Morgan fingerprint density at radius 2 is 1.63 bits per heavy atom. The number of anilines is 1. The van der Waals surface area contributed by atoms with Gasteiger partial charge in [-0.15, -0.1) is 0 Å². The molecule has 0 fully saturated rings. The summed E-state index contributed by atoms with van der Waals surface area (Å²) in [5.74, 6) is -1.24. The van der Waals surface area contributed by atoms with E-state index >= 15 is 0 Å². The van der Waals surface area contributed by atoms with Gasteiger partial charge in [-0.25, -0.2) is 9.59 Å². The molecule has 0 bridgehead atoms. The summed E-state index contributed by atoms with van der Waals surface area (Å²) in [6, 6.07) is 21.3. The molecular weight excluding hydrogens is 446 g/mol. The number of ether oxygens (including phenoxy) is 2. The predicted octanol–water partition coefficient (Wildman–Crippen LogP) is 4.21. The molecule has 2 N–H and O–H groups in total. The first kappa shape index (κ1) is 23.5. The summed E-state index contributed by atoms with van der Waals surface area (Å²) < 4.78 is 10.1. The minimum atomic E-state index is -0.906. The molecule has 0 unspecified atom stereocenters. The highest BCUT2D eigenvalue weighted by molar-refractivity contribution is 5.98. The van der Waals surface area contributed by atoms with Crippen molar-refractivity contribution in [2.75, 3.05) is 19.0 Å². The number of esters is 1. The maximum Gasteiger partial charge on any atom is 0.407 e. The van der Waals surface area contributed by atoms with Gasteiger partial charge in [-0.05, 0) is 47.4 Å². The molecule has 35 heavy (non-hydrogen) atoms. The van der Waals surface area contributed by atoms with Crippen molar-refractivity contribution < 1.29 is 23.9 Å². The molecule has 0 aromatic heterocycles. The van der Waals surface area contributed by atoms with E-state index in [9.17, 15) is 19.6 Å². The molecule has 3 aromatic rings. The minimum absolute atomic E-state index is 0.0619. The molecule has 0 saturated heterocycles. The number of nitriles is 1. The smallest absolute Gasteiger partial charge is 0.407 e. The molecule has 0 saturated carbocycles. The number of benzene rings is 3. The number of nitrogens with zero attached hydrogens (tertiary/aromatic N) is 1. The summed E-state index contributed by atoms with van der Waals surface area (Å²) in [5, 5.41) is 14.4. The first-order valence-electron chi connectivity index (χ1n) is 11.0. The van der Waals surface area contributed by atoms with Crippen LogP contribution in [0.5, 0.6) is 0 Å². The maximum absolute atomic E-state index is 12.6. The molecule has 3 aromatic carbocycles. The molecule has 176 valence electrons. The normalized spacial score (nSPS) is 12.5. The van der Waals surface area contributed by atoms with Crippen molar-refractivity contribution in [1.29, 1.82) is 5.26 Å². The summed E-state index contributed by atoms with van der Waals surface area (Å²) in [6.07, 6.45) is -0.715. The second-order valence-corrected chi connectivity index (χ2v) is 8.04. The maximum atomic E-state index is 12.6. The molecule has 0 radical (unpaired) electrons. The van der Waals surface area contributed by atoms with Crippen molar-refractivity contribution in [2.24, 2.45) is 0 Å². The third-order valence-electron chi connectivity index (χ3n) is 5.88. The van der Waals surface area contributed by atoms with E-state index in [0.717, 1.165) is 22.3 Å². The zero-order chi connectivity index (χ0) is 24.9. The standard InChI is InChI=1S/C27H23N3O5/c1-16(25(31)30-18-11-12-19(26(32)34-2)17(13-18)14-28)29-27(33)35-15-24-22-9-5-3-7-20(22)21-8-4-6-10-23(21)24/h3-13,16,24H,15H2,1-2H3,(H,29,33)(H,30,31)/t16-/m0/s1. The van der Waals surface area contributed by atoms with Gasteiger partial charge in [0.25, 0.3) is 0 Å². The van der Waals surface area contributed by atoms with Crippen LogP contribution in [0.15, 0.2) is 66.7 Å². The van der Waals surface area contributed by atoms with Crippen molar-refractivity contribution in [2.45, 2.75) is 18.9 Å². The molecule has 1 aliphatic rings. The van der Waals surface area contributed by atoms with Crippen LogP contribution in [0.3, 0.4) is 0 Å². The van der Waals surface area contributed by atoms with Crippen LogP contribution in [-0.4, -0.2) is 37.7 Å². The third-order valence-corrected chi connectivity index (χ3v) is 5.88. The van der Waals surface area contributed by atoms with E-state index in [1.807, 2.05) is 42.5 Å². The Morgan fingerprint density at radius 3 is 2.23 bits per heavy atom. The number of rotatable bonds is 6. The monoisotopic (exact) mass is 469 g/mol. The third kappa shape index (κ3) is 4.84. The molecule has 8 nitrogen and oxygen atoms in total. The zero-order valence-corrected chi connectivity index (χ0v) is 19.2. The molecule has 0 heterocycles. The molecule has 1 aliphatic carbocycles. The van der Waals surface area contributed by atoms with Crippen LogP contribution in [0.2, 0.25) is 0 Å². The van der Waals surface area contributed by atoms with Gasteiger partial charge in [0.15, 0.2) is 0 Å². The van der Waals surface area contributed by atoms with Gasteiger partial charge >= 0.3 is 12.1 Å². The number of hydrogen-bond acceptors (Lipinski definition) is 6. The molecular formula is C27H23N3O5.